The van der Waals surface area contributed by atoms with Crippen LogP contribution in [0.3, 0.4) is 0 Å². The van der Waals surface area contributed by atoms with Crippen LogP contribution >= 0.6 is 11.6 Å². The number of nitrogens with zero attached hydrogens (tertiary/aromatic N) is 3. The fourth-order valence-corrected chi connectivity index (χ4v) is 4.79. The van der Waals surface area contributed by atoms with Crippen molar-refractivity contribution in [3.05, 3.63) is 80.6 Å². The third-order valence-corrected chi connectivity index (χ3v) is 7.10. The standard InChI is InChI=1S/C33H38ClN3O4/c1-8-22(7)41-31-27(34)16-23(17-30(31)40-10-3)19-35-37-32(36-28-14-12-11-13-24(28)33(37)38)26-18-25(20(4)5)29(39-9-2)15-21(26)6/h11-20,22H,8-10H2,1-7H3/t22-/m1/s1. The number of para-hydroxylation sites is 1. The Labute approximate surface area is 246 Å². The predicted octanol–water partition coefficient (Wildman–Crippen LogP) is 8.01. The van der Waals surface area contributed by atoms with Crippen molar-refractivity contribution in [3.63, 3.8) is 0 Å². The van der Waals surface area contributed by atoms with E-state index in [9.17, 15) is 4.79 Å². The van der Waals surface area contributed by atoms with Crippen LogP contribution in [0.5, 0.6) is 17.2 Å². The van der Waals surface area contributed by atoms with Gasteiger partial charge in [-0.15, -0.1) is 0 Å². The summed E-state index contributed by atoms with van der Waals surface area (Å²) >= 11 is 6.64. The molecule has 0 aliphatic rings. The molecule has 7 nitrogen and oxygen atoms in total. The van der Waals surface area contributed by atoms with E-state index >= 15 is 0 Å². The molecule has 0 unspecified atom stereocenters. The highest BCUT2D eigenvalue weighted by Gasteiger charge is 2.19. The molecule has 8 heteroatoms. The summed E-state index contributed by atoms with van der Waals surface area (Å²) in [6, 6.07) is 14.9. The maximum Gasteiger partial charge on any atom is 0.282 e. The highest BCUT2D eigenvalue weighted by Crippen LogP contribution is 2.38. The van der Waals surface area contributed by atoms with Gasteiger partial charge in [0.2, 0.25) is 0 Å². The zero-order valence-corrected chi connectivity index (χ0v) is 25.6. The Bertz CT molecular complexity index is 1630. The first kappa shape index (κ1) is 30.1. The molecule has 0 aliphatic carbocycles. The average molecular weight is 576 g/mol. The van der Waals surface area contributed by atoms with E-state index in [4.69, 9.17) is 30.8 Å². The summed E-state index contributed by atoms with van der Waals surface area (Å²) in [5, 5.41) is 5.54. The molecule has 0 amide bonds. The minimum atomic E-state index is -0.269. The van der Waals surface area contributed by atoms with Crippen LogP contribution in [0.2, 0.25) is 5.02 Å². The Morgan fingerprint density at radius 2 is 1.71 bits per heavy atom. The van der Waals surface area contributed by atoms with Crippen molar-refractivity contribution in [3.8, 4) is 28.6 Å². The zero-order valence-electron chi connectivity index (χ0n) is 24.8. The highest BCUT2D eigenvalue weighted by atomic mass is 35.5. The van der Waals surface area contributed by atoms with Gasteiger partial charge in [-0.1, -0.05) is 44.5 Å². The van der Waals surface area contributed by atoms with Gasteiger partial charge < -0.3 is 14.2 Å². The molecule has 4 rings (SSSR count). The molecule has 216 valence electrons. The van der Waals surface area contributed by atoms with E-state index in [0.717, 1.165) is 28.9 Å². The molecule has 0 saturated carbocycles. The smallest absolute Gasteiger partial charge is 0.282 e. The molecular weight excluding hydrogens is 538 g/mol. The van der Waals surface area contributed by atoms with E-state index in [1.807, 2.05) is 65.0 Å². The van der Waals surface area contributed by atoms with Gasteiger partial charge >= 0.3 is 0 Å². The van der Waals surface area contributed by atoms with E-state index in [0.29, 0.717) is 52.0 Å². The van der Waals surface area contributed by atoms with Crippen molar-refractivity contribution >= 4 is 28.7 Å². The second-order valence-corrected chi connectivity index (χ2v) is 10.6. The van der Waals surface area contributed by atoms with Crippen molar-refractivity contribution in [2.24, 2.45) is 5.10 Å². The zero-order chi connectivity index (χ0) is 29.7. The number of hydrogen-bond acceptors (Lipinski definition) is 6. The molecule has 0 radical (unpaired) electrons. The molecule has 0 fully saturated rings. The van der Waals surface area contributed by atoms with Gasteiger partial charge in [0, 0.05) is 5.56 Å². The lowest BCUT2D eigenvalue weighted by Crippen LogP contribution is -2.21. The van der Waals surface area contributed by atoms with Gasteiger partial charge in [0.1, 0.15) is 5.75 Å². The third-order valence-electron chi connectivity index (χ3n) is 6.82. The first-order valence-corrected chi connectivity index (χ1v) is 14.5. The number of ether oxygens (including phenoxy) is 3. The fourth-order valence-electron chi connectivity index (χ4n) is 4.52. The van der Waals surface area contributed by atoms with Crippen molar-refractivity contribution in [1.29, 1.82) is 0 Å². The number of halogens is 1. The van der Waals surface area contributed by atoms with E-state index < -0.39 is 0 Å². The summed E-state index contributed by atoms with van der Waals surface area (Å²) in [6.07, 6.45) is 2.40. The second kappa shape index (κ2) is 13.2. The monoisotopic (exact) mass is 575 g/mol. The Morgan fingerprint density at radius 3 is 2.39 bits per heavy atom. The number of hydrogen-bond donors (Lipinski definition) is 0. The molecule has 1 aromatic heterocycles. The van der Waals surface area contributed by atoms with Crippen LogP contribution in [0.4, 0.5) is 0 Å². The molecule has 3 aromatic carbocycles. The van der Waals surface area contributed by atoms with Gasteiger partial charge in [-0.3, -0.25) is 4.79 Å². The maximum atomic E-state index is 13.8. The van der Waals surface area contributed by atoms with Crippen molar-refractivity contribution < 1.29 is 14.2 Å². The van der Waals surface area contributed by atoms with Crippen LogP contribution in [0, 0.1) is 6.92 Å². The lowest BCUT2D eigenvalue weighted by Gasteiger charge is -2.18. The summed E-state index contributed by atoms with van der Waals surface area (Å²) in [7, 11) is 0. The number of aryl methyl sites for hydroxylation is 1. The Hall–Kier alpha value is -3.84. The van der Waals surface area contributed by atoms with Crippen molar-refractivity contribution in [2.75, 3.05) is 13.2 Å². The van der Waals surface area contributed by atoms with E-state index in [-0.39, 0.29) is 17.6 Å². The SMILES string of the molecule is CCOc1cc(C)c(-c2nc3ccccc3c(=O)n2N=Cc2cc(Cl)c(O[C@H](C)CC)c(OCC)c2)cc1C(C)C. The molecule has 41 heavy (non-hydrogen) atoms. The van der Waals surface area contributed by atoms with E-state index in [2.05, 4.69) is 25.0 Å². The number of fused-ring (bicyclic) bond motifs is 1. The lowest BCUT2D eigenvalue weighted by atomic mass is 9.96. The molecule has 4 aromatic rings. The molecule has 0 bridgehead atoms. The van der Waals surface area contributed by atoms with Gasteiger partial charge in [0.05, 0.1) is 41.5 Å². The van der Waals surface area contributed by atoms with Gasteiger partial charge in [0.15, 0.2) is 17.3 Å². The van der Waals surface area contributed by atoms with Crippen LogP contribution in [-0.2, 0) is 0 Å². The molecule has 0 aliphatic heterocycles. The lowest BCUT2D eigenvalue weighted by molar-refractivity contribution is 0.203. The molecule has 1 atom stereocenters. The molecule has 0 spiro atoms. The van der Waals surface area contributed by atoms with E-state index in [1.165, 1.54) is 4.68 Å². The second-order valence-electron chi connectivity index (χ2n) is 10.2. The summed E-state index contributed by atoms with van der Waals surface area (Å²) in [5.41, 5.74) is 3.77. The van der Waals surface area contributed by atoms with Crippen LogP contribution in [-0.4, -0.2) is 35.2 Å². The summed E-state index contributed by atoms with van der Waals surface area (Å²) in [5.74, 6) is 2.50. The first-order valence-electron chi connectivity index (χ1n) is 14.1. The fraction of sp³-hybridized carbons (Fsp3) is 0.364. The summed E-state index contributed by atoms with van der Waals surface area (Å²) in [4.78, 5) is 18.7. The van der Waals surface area contributed by atoms with Gasteiger partial charge in [-0.2, -0.15) is 9.78 Å². The Balaban J connectivity index is 1.91. The quantitative estimate of drug-likeness (QED) is 0.169. The van der Waals surface area contributed by atoms with Crippen molar-refractivity contribution in [2.45, 2.75) is 66.9 Å². The minimum Gasteiger partial charge on any atom is -0.494 e. The predicted molar refractivity (Wildman–Crippen MR) is 167 cm³/mol. The van der Waals surface area contributed by atoms with Crippen LogP contribution in [0.15, 0.2) is 58.4 Å². The average Bonchev–Trinajstić information content (AvgIpc) is 2.94. The number of benzene rings is 3. The molecular formula is C33H38ClN3O4. The number of aromatic nitrogens is 2. The topological polar surface area (TPSA) is 74.9 Å². The van der Waals surface area contributed by atoms with Gasteiger partial charge in [0.25, 0.3) is 5.56 Å². The van der Waals surface area contributed by atoms with E-state index in [1.54, 1.807) is 18.3 Å². The van der Waals surface area contributed by atoms with Crippen molar-refractivity contribution in [1.82, 2.24) is 9.66 Å². The maximum absolute atomic E-state index is 13.8. The number of rotatable bonds is 11. The normalized spacial score (nSPS) is 12.3. The third kappa shape index (κ3) is 6.57. The van der Waals surface area contributed by atoms with Gasteiger partial charge in [-0.25, -0.2) is 4.98 Å². The van der Waals surface area contributed by atoms with Crippen LogP contribution in [0.25, 0.3) is 22.3 Å². The van der Waals surface area contributed by atoms with Gasteiger partial charge in [-0.05, 0) is 93.1 Å². The highest BCUT2D eigenvalue weighted by molar-refractivity contribution is 6.32. The first-order chi connectivity index (χ1) is 19.7. The Morgan fingerprint density at radius 1 is 1.00 bits per heavy atom. The molecule has 0 saturated heterocycles. The summed E-state index contributed by atoms with van der Waals surface area (Å²) < 4.78 is 19.2. The van der Waals surface area contributed by atoms with Crippen LogP contribution < -0.4 is 19.8 Å². The minimum absolute atomic E-state index is 0.0240. The largest absolute Gasteiger partial charge is 0.494 e. The Kier molecular flexibility index (Phi) is 9.71. The molecule has 1 heterocycles. The molecule has 0 N–H and O–H groups in total. The van der Waals surface area contributed by atoms with Crippen LogP contribution in [0.1, 0.15) is 70.6 Å². The summed E-state index contributed by atoms with van der Waals surface area (Å²) in [6.45, 7) is 15.1.